The van der Waals surface area contributed by atoms with Crippen LogP contribution in [0.15, 0.2) is 36.4 Å². The van der Waals surface area contributed by atoms with Gasteiger partial charge < -0.3 is 10.5 Å². The van der Waals surface area contributed by atoms with Crippen molar-refractivity contribution >= 4 is 11.7 Å². The molecule has 0 aromatic heterocycles. The summed E-state index contributed by atoms with van der Waals surface area (Å²) in [5.41, 5.74) is 9.58. The Morgan fingerprint density at radius 3 is 2.57 bits per heavy atom. The molecule has 0 bridgehead atoms. The molecular weight excluding hydrogens is 290 g/mol. The zero-order valence-corrected chi connectivity index (χ0v) is 13.3. The van der Waals surface area contributed by atoms with Crippen molar-refractivity contribution < 1.29 is 14.3 Å². The third-order valence-electron chi connectivity index (χ3n) is 4.32. The summed E-state index contributed by atoms with van der Waals surface area (Å²) < 4.78 is 5.87. The van der Waals surface area contributed by atoms with E-state index in [1.165, 1.54) is 0 Å². The van der Waals surface area contributed by atoms with Crippen LogP contribution in [0.5, 0.6) is 5.75 Å². The van der Waals surface area contributed by atoms with Crippen molar-refractivity contribution in [1.82, 2.24) is 0 Å². The Bertz CT molecular complexity index is 778. The lowest BCUT2D eigenvalue weighted by atomic mass is 9.97. The number of hydrogen-bond acceptors (Lipinski definition) is 3. The van der Waals surface area contributed by atoms with Crippen LogP contribution < -0.4 is 10.5 Å². The molecular formula is C19H19NO3. The lowest BCUT2D eigenvalue weighted by Crippen LogP contribution is -2.10. The maximum atomic E-state index is 12.2. The van der Waals surface area contributed by atoms with Crippen molar-refractivity contribution in [3.63, 3.8) is 0 Å². The van der Waals surface area contributed by atoms with E-state index in [1.54, 1.807) is 24.3 Å². The fraction of sp³-hybridized carbons (Fsp3) is 0.263. The van der Waals surface area contributed by atoms with Crippen molar-refractivity contribution in [3.05, 3.63) is 64.2 Å². The first-order valence-electron chi connectivity index (χ1n) is 7.65. The number of benzene rings is 2. The molecule has 3 rings (SSSR count). The largest absolute Gasteiger partial charge is 0.488 e. The van der Waals surface area contributed by atoms with Crippen LogP contribution in [0, 0.1) is 6.92 Å². The minimum Gasteiger partial charge on any atom is -0.488 e. The molecule has 1 atom stereocenters. The number of aryl methyl sites for hydroxylation is 1. The molecule has 2 aromatic carbocycles. The standard InChI is InChI=1S/C19H19NO3/c1-11-3-8-16(18-15(21)9-12(2)17(11)18)23-10-13-4-6-14(7-5-13)19(20)22/h3-8,12H,9-10H2,1-2H3,(H2,20,22)/t12-/m1/s1. The Kier molecular flexibility index (Phi) is 3.90. The van der Waals surface area contributed by atoms with Gasteiger partial charge in [-0.1, -0.05) is 25.1 Å². The summed E-state index contributed by atoms with van der Waals surface area (Å²) >= 11 is 0. The van der Waals surface area contributed by atoms with Crippen molar-refractivity contribution in [2.24, 2.45) is 5.73 Å². The Balaban J connectivity index is 1.82. The predicted molar refractivity (Wildman–Crippen MR) is 87.8 cm³/mol. The normalized spacial score (nSPS) is 16.3. The van der Waals surface area contributed by atoms with Crippen LogP contribution >= 0.6 is 0 Å². The number of ketones is 1. The van der Waals surface area contributed by atoms with E-state index < -0.39 is 5.91 Å². The molecule has 23 heavy (non-hydrogen) atoms. The molecule has 1 aliphatic rings. The van der Waals surface area contributed by atoms with Crippen molar-refractivity contribution in [2.75, 3.05) is 0 Å². The molecule has 1 amide bonds. The van der Waals surface area contributed by atoms with E-state index in [2.05, 4.69) is 6.92 Å². The Labute approximate surface area is 135 Å². The highest BCUT2D eigenvalue weighted by Crippen LogP contribution is 2.40. The molecule has 2 aromatic rings. The van der Waals surface area contributed by atoms with Gasteiger partial charge in [-0.3, -0.25) is 9.59 Å². The van der Waals surface area contributed by atoms with Crippen LogP contribution in [0.1, 0.15) is 56.7 Å². The molecule has 0 aliphatic heterocycles. The summed E-state index contributed by atoms with van der Waals surface area (Å²) in [4.78, 5) is 23.3. The maximum absolute atomic E-state index is 12.2. The third kappa shape index (κ3) is 2.84. The van der Waals surface area contributed by atoms with Crippen LogP contribution in [-0.4, -0.2) is 11.7 Å². The van der Waals surface area contributed by atoms with Gasteiger partial charge in [0.2, 0.25) is 5.91 Å². The van der Waals surface area contributed by atoms with Gasteiger partial charge in [-0.25, -0.2) is 0 Å². The van der Waals surface area contributed by atoms with E-state index in [0.717, 1.165) is 22.3 Å². The van der Waals surface area contributed by atoms with E-state index in [1.807, 2.05) is 19.1 Å². The number of primary amides is 1. The SMILES string of the molecule is Cc1ccc(OCc2ccc(C(N)=O)cc2)c2c1[C@H](C)CC2=O. The summed E-state index contributed by atoms with van der Waals surface area (Å²) in [6.45, 7) is 4.44. The summed E-state index contributed by atoms with van der Waals surface area (Å²) in [6.07, 6.45) is 0.545. The molecule has 0 fully saturated rings. The molecule has 0 spiro atoms. The summed E-state index contributed by atoms with van der Waals surface area (Å²) in [7, 11) is 0. The van der Waals surface area contributed by atoms with Crippen LogP contribution in [0.25, 0.3) is 0 Å². The molecule has 118 valence electrons. The number of ether oxygens (including phenoxy) is 1. The van der Waals surface area contributed by atoms with Crippen molar-refractivity contribution in [2.45, 2.75) is 32.8 Å². The van der Waals surface area contributed by atoms with Gasteiger partial charge in [0.05, 0.1) is 5.56 Å². The second kappa shape index (κ2) is 5.88. The molecule has 0 saturated carbocycles. The summed E-state index contributed by atoms with van der Waals surface area (Å²) in [5.74, 6) is 0.582. The first kappa shape index (κ1) is 15.3. The van der Waals surface area contributed by atoms with Crippen LogP contribution in [0.4, 0.5) is 0 Å². The van der Waals surface area contributed by atoms with Crippen molar-refractivity contribution in [1.29, 1.82) is 0 Å². The topological polar surface area (TPSA) is 69.4 Å². The van der Waals surface area contributed by atoms with Gasteiger partial charge in [-0.15, -0.1) is 0 Å². The average Bonchev–Trinajstić information content (AvgIpc) is 2.83. The first-order valence-corrected chi connectivity index (χ1v) is 7.65. The monoisotopic (exact) mass is 309 g/mol. The number of fused-ring (bicyclic) bond motifs is 1. The number of carbonyl (C=O) groups is 2. The Hall–Kier alpha value is -2.62. The number of Topliss-reactive ketones (excluding diaryl/α,β-unsaturated/α-hetero) is 1. The second-order valence-electron chi connectivity index (χ2n) is 6.05. The van der Waals surface area contributed by atoms with Crippen LogP contribution in [0.2, 0.25) is 0 Å². The highest BCUT2D eigenvalue weighted by Gasteiger charge is 2.31. The molecule has 4 heteroatoms. The minimum atomic E-state index is -0.451. The van der Waals surface area contributed by atoms with Gasteiger partial charge in [-0.2, -0.15) is 0 Å². The number of rotatable bonds is 4. The Morgan fingerprint density at radius 1 is 1.22 bits per heavy atom. The smallest absolute Gasteiger partial charge is 0.248 e. The number of nitrogens with two attached hydrogens (primary N) is 1. The molecule has 0 saturated heterocycles. The predicted octanol–water partition coefficient (Wildman–Crippen LogP) is 3.36. The molecule has 4 nitrogen and oxygen atoms in total. The maximum Gasteiger partial charge on any atom is 0.248 e. The van der Waals surface area contributed by atoms with Crippen LogP contribution in [-0.2, 0) is 6.61 Å². The fourth-order valence-corrected chi connectivity index (χ4v) is 3.16. The minimum absolute atomic E-state index is 0.148. The van der Waals surface area contributed by atoms with E-state index in [0.29, 0.717) is 24.3 Å². The number of carbonyl (C=O) groups excluding carboxylic acids is 2. The lowest BCUT2D eigenvalue weighted by molar-refractivity contribution is 0.0982. The second-order valence-corrected chi connectivity index (χ2v) is 6.05. The van der Waals surface area contributed by atoms with Gasteiger partial charge in [0.1, 0.15) is 12.4 Å². The molecule has 0 radical (unpaired) electrons. The molecule has 0 heterocycles. The molecule has 1 aliphatic carbocycles. The van der Waals surface area contributed by atoms with Gasteiger partial charge in [-0.05, 0) is 47.7 Å². The quantitative estimate of drug-likeness (QED) is 0.941. The van der Waals surface area contributed by atoms with Gasteiger partial charge in [0.15, 0.2) is 5.78 Å². The van der Waals surface area contributed by atoms with Gasteiger partial charge in [0.25, 0.3) is 0 Å². The number of hydrogen-bond donors (Lipinski definition) is 1. The van der Waals surface area contributed by atoms with Gasteiger partial charge >= 0.3 is 0 Å². The summed E-state index contributed by atoms with van der Waals surface area (Å²) in [6, 6.07) is 10.8. The van der Waals surface area contributed by atoms with Gasteiger partial charge in [0, 0.05) is 12.0 Å². The summed E-state index contributed by atoms with van der Waals surface area (Å²) in [5, 5.41) is 0. The fourth-order valence-electron chi connectivity index (χ4n) is 3.16. The highest BCUT2D eigenvalue weighted by atomic mass is 16.5. The highest BCUT2D eigenvalue weighted by molar-refractivity contribution is 6.04. The van der Waals surface area contributed by atoms with E-state index >= 15 is 0 Å². The first-order chi connectivity index (χ1) is 11.0. The third-order valence-corrected chi connectivity index (χ3v) is 4.32. The average molecular weight is 309 g/mol. The lowest BCUT2D eigenvalue weighted by Gasteiger charge is -2.13. The van der Waals surface area contributed by atoms with E-state index in [4.69, 9.17) is 10.5 Å². The number of amides is 1. The van der Waals surface area contributed by atoms with Crippen LogP contribution in [0.3, 0.4) is 0 Å². The van der Waals surface area contributed by atoms with Crippen molar-refractivity contribution in [3.8, 4) is 5.75 Å². The van der Waals surface area contributed by atoms with E-state index in [9.17, 15) is 9.59 Å². The zero-order chi connectivity index (χ0) is 16.6. The van der Waals surface area contributed by atoms with E-state index in [-0.39, 0.29) is 11.7 Å². The molecule has 0 unspecified atom stereocenters. The zero-order valence-electron chi connectivity index (χ0n) is 13.3. The molecule has 2 N–H and O–H groups in total. The Morgan fingerprint density at radius 2 is 1.91 bits per heavy atom.